The van der Waals surface area contributed by atoms with Crippen LogP contribution in [0, 0.1) is 5.92 Å². The van der Waals surface area contributed by atoms with Crippen molar-refractivity contribution in [3.05, 3.63) is 0 Å². The van der Waals surface area contributed by atoms with Crippen LogP contribution in [0.3, 0.4) is 0 Å². The van der Waals surface area contributed by atoms with E-state index in [2.05, 4.69) is 5.32 Å². The highest BCUT2D eigenvalue weighted by atomic mass is 16.6. The van der Waals surface area contributed by atoms with Crippen molar-refractivity contribution >= 4 is 12.1 Å². The highest BCUT2D eigenvalue weighted by Crippen LogP contribution is 2.11. The maximum atomic E-state index is 11.5. The number of hydrogen-bond donors (Lipinski definition) is 3. The van der Waals surface area contributed by atoms with Gasteiger partial charge in [0.2, 0.25) is 0 Å². The number of amides is 1. The summed E-state index contributed by atoms with van der Waals surface area (Å²) in [5.74, 6) is -1.23. The summed E-state index contributed by atoms with van der Waals surface area (Å²) in [6.45, 7) is 8.86. The fraction of sp³-hybridized carbons (Fsp3) is 0.833. The van der Waals surface area contributed by atoms with Crippen LogP contribution in [-0.2, 0) is 9.53 Å². The van der Waals surface area contributed by atoms with E-state index in [9.17, 15) is 14.7 Å². The van der Waals surface area contributed by atoms with Crippen LogP contribution in [-0.4, -0.2) is 40.0 Å². The molecule has 0 aromatic rings. The van der Waals surface area contributed by atoms with E-state index in [1.165, 1.54) is 0 Å². The van der Waals surface area contributed by atoms with Crippen molar-refractivity contribution in [2.24, 2.45) is 5.92 Å². The SMILES string of the molecule is CC(C)C[C@@H](NC(=O)OC(C)(C)C)[C@@H](O)C(=O)O. The van der Waals surface area contributed by atoms with E-state index < -0.39 is 29.8 Å². The van der Waals surface area contributed by atoms with Crippen LogP contribution < -0.4 is 5.32 Å². The number of carbonyl (C=O) groups excluding carboxylic acids is 1. The summed E-state index contributed by atoms with van der Waals surface area (Å²) in [5, 5.41) is 20.7. The third-order valence-corrected chi connectivity index (χ3v) is 2.06. The maximum absolute atomic E-state index is 11.5. The third kappa shape index (κ3) is 7.11. The lowest BCUT2D eigenvalue weighted by Crippen LogP contribution is -2.49. The highest BCUT2D eigenvalue weighted by molar-refractivity contribution is 5.75. The minimum Gasteiger partial charge on any atom is -0.479 e. The number of aliphatic hydroxyl groups is 1. The average molecular weight is 261 g/mol. The summed E-state index contributed by atoms with van der Waals surface area (Å²) >= 11 is 0. The largest absolute Gasteiger partial charge is 0.479 e. The van der Waals surface area contributed by atoms with Gasteiger partial charge in [0.15, 0.2) is 6.10 Å². The fourth-order valence-corrected chi connectivity index (χ4v) is 1.41. The molecule has 2 atom stereocenters. The Morgan fingerprint density at radius 3 is 2.11 bits per heavy atom. The van der Waals surface area contributed by atoms with Gasteiger partial charge < -0.3 is 20.3 Å². The molecular formula is C12H23NO5. The Labute approximate surface area is 107 Å². The van der Waals surface area contributed by atoms with Gasteiger partial charge in [-0.1, -0.05) is 13.8 Å². The number of carboxylic acids is 1. The molecule has 0 radical (unpaired) electrons. The van der Waals surface area contributed by atoms with Gasteiger partial charge in [0.25, 0.3) is 0 Å². The zero-order chi connectivity index (χ0) is 14.5. The number of ether oxygens (including phenoxy) is 1. The molecule has 0 fully saturated rings. The molecular weight excluding hydrogens is 238 g/mol. The lowest BCUT2D eigenvalue weighted by Gasteiger charge is -2.26. The van der Waals surface area contributed by atoms with Gasteiger partial charge in [-0.3, -0.25) is 0 Å². The molecule has 0 saturated carbocycles. The molecule has 1 amide bonds. The van der Waals surface area contributed by atoms with Gasteiger partial charge in [-0.2, -0.15) is 0 Å². The molecule has 106 valence electrons. The van der Waals surface area contributed by atoms with Gasteiger partial charge in [-0.25, -0.2) is 9.59 Å². The second-order valence-electron chi connectivity index (χ2n) is 5.67. The molecule has 0 aromatic carbocycles. The summed E-state index contributed by atoms with van der Waals surface area (Å²) in [4.78, 5) is 22.3. The molecule has 0 spiro atoms. The van der Waals surface area contributed by atoms with E-state index in [0.717, 1.165) is 0 Å². The minimum atomic E-state index is -1.64. The Bertz CT molecular complexity index is 295. The van der Waals surface area contributed by atoms with E-state index in [1.807, 2.05) is 13.8 Å². The van der Waals surface area contributed by atoms with Crippen molar-refractivity contribution in [1.29, 1.82) is 0 Å². The first kappa shape index (κ1) is 16.7. The smallest absolute Gasteiger partial charge is 0.407 e. The van der Waals surface area contributed by atoms with E-state index in [4.69, 9.17) is 9.84 Å². The number of carbonyl (C=O) groups is 2. The zero-order valence-electron chi connectivity index (χ0n) is 11.6. The van der Waals surface area contributed by atoms with Crippen LogP contribution >= 0.6 is 0 Å². The molecule has 0 aliphatic heterocycles. The van der Waals surface area contributed by atoms with Crippen molar-refractivity contribution in [1.82, 2.24) is 5.32 Å². The predicted octanol–water partition coefficient (Wildman–Crippen LogP) is 1.37. The number of alkyl carbamates (subject to hydrolysis) is 1. The molecule has 6 heteroatoms. The van der Waals surface area contributed by atoms with E-state index in [1.54, 1.807) is 20.8 Å². The lowest BCUT2D eigenvalue weighted by atomic mass is 9.99. The molecule has 3 N–H and O–H groups in total. The normalized spacial score (nSPS) is 15.1. The van der Waals surface area contributed by atoms with Crippen LogP contribution in [0.2, 0.25) is 0 Å². The summed E-state index contributed by atoms with van der Waals surface area (Å²) < 4.78 is 5.03. The number of hydrogen-bond acceptors (Lipinski definition) is 4. The highest BCUT2D eigenvalue weighted by Gasteiger charge is 2.29. The molecule has 6 nitrogen and oxygen atoms in total. The van der Waals surface area contributed by atoms with Crippen molar-refractivity contribution in [3.63, 3.8) is 0 Å². The van der Waals surface area contributed by atoms with E-state index in [-0.39, 0.29) is 5.92 Å². The molecule has 0 aromatic heterocycles. The van der Waals surface area contributed by atoms with E-state index in [0.29, 0.717) is 6.42 Å². The Balaban J connectivity index is 4.59. The van der Waals surface area contributed by atoms with Gasteiger partial charge in [-0.05, 0) is 33.1 Å². The maximum Gasteiger partial charge on any atom is 0.407 e. The summed E-state index contributed by atoms with van der Waals surface area (Å²) in [5.41, 5.74) is -0.666. The number of aliphatic hydroxyl groups excluding tert-OH is 1. The van der Waals surface area contributed by atoms with Crippen molar-refractivity contribution < 1.29 is 24.5 Å². The summed E-state index contributed by atoms with van der Waals surface area (Å²) in [6.07, 6.45) is -2.01. The monoisotopic (exact) mass is 261 g/mol. The molecule has 0 unspecified atom stereocenters. The molecule has 0 aliphatic rings. The van der Waals surface area contributed by atoms with Crippen molar-refractivity contribution in [3.8, 4) is 0 Å². The third-order valence-electron chi connectivity index (χ3n) is 2.06. The van der Waals surface area contributed by atoms with Crippen molar-refractivity contribution in [2.75, 3.05) is 0 Å². The Morgan fingerprint density at radius 2 is 1.78 bits per heavy atom. The molecule has 0 bridgehead atoms. The van der Waals surface area contributed by atoms with Crippen LogP contribution in [0.4, 0.5) is 4.79 Å². The quantitative estimate of drug-likeness (QED) is 0.694. The van der Waals surface area contributed by atoms with Gasteiger partial charge in [0, 0.05) is 0 Å². The first-order valence-corrected chi connectivity index (χ1v) is 5.93. The van der Waals surface area contributed by atoms with E-state index >= 15 is 0 Å². The van der Waals surface area contributed by atoms with Gasteiger partial charge in [-0.15, -0.1) is 0 Å². The molecule has 0 saturated heterocycles. The first-order chi connectivity index (χ1) is 8.03. The topological polar surface area (TPSA) is 95.9 Å². The van der Waals surface area contributed by atoms with Crippen LogP contribution in [0.1, 0.15) is 41.0 Å². The van der Waals surface area contributed by atoms with Crippen LogP contribution in [0.5, 0.6) is 0 Å². The number of nitrogens with one attached hydrogen (secondary N) is 1. The standard InChI is InChI=1S/C12H23NO5/c1-7(2)6-8(9(14)10(15)16)13-11(17)18-12(3,4)5/h7-9,14H,6H2,1-5H3,(H,13,17)(H,15,16)/t8-,9-/m1/s1. The molecule has 18 heavy (non-hydrogen) atoms. The number of carboxylic acid groups (broad SMARTS) is 1. The van der Waals surface area contributed by atoms with Gasteiger partial charge in [0.05, 0.1) is 6.04 Å². The second-order valence-corrected chi connectivity index (χ2v) is 5.67. The lowest BCUT2D eigenvalue weighted by molar-refractivity contribution is -0.148. The molecule has 0 aliphatic carbocycles. The first-order valence-electron chi connectivity index (χ1n) is 5.93. The Hall–Kier alpha value is -1.30. The van der Waals surface area contributed by atoms with Crippen LogP contribution in [0.25, 0.3) is 0 Å². The predicted molar refractivity (Wildman–Crippen MR) is 66.3 cm³/mol. The average Bonchev–Trinajstić information content (AvgIpc) is 2.11. The van der Waals surface area contributed by atoms with Crippen LogP contribution in [0.15, 0.2) is 0 Å². The molecule has 0 heterocycles. The van der Waals surface area contributed by atoms with Gasteiger partial charge >= 0.3 is 12.1 Å². The second kappa shape index (κ2) is 6.58. The Morgan fingerprint density at radius 1 is 1.28 bits per heavy atom. The van der Waals surface area contributed by atoms with Gasteiger partial charge in [0.1, 0.15) is 5.60 Å². The zero-order valence-corrected chi connectivity index (χ0v) is 11.6. The Kier molecular flexibility index (Phi) is 6.11. The number of aliphatic carboxylic acids is 1. The number of rotatable bonds is 5. The van der Waals surface area contributed by atoms with Crippen molar-refractivity contribution in [2.45, 2.75) is 58.8 Å². The summed E-state index contributed by atoms with van der Waals surface area (Å²) in [6, 6.07) is -0.864. The summed E-state index contributed by atoms with van der Waals surface area (Å²) in [7, 11) is 0. The molecule has 0 rings (SSSR count). The fourth-order valence-electron chi connectivity index (χ4n) is 1.41. The minimum absolute atomic E-state index is 0.138.